The van der Waals surface area contributed by atoms with Crippen molar-refractivity contribution in [3.8, 4) is 11.4 Å². The summed E-state index contributed by atoms with van der Waals surface area (Å²) in [5.74, 6) is 0.312. The van der Waals surface area contributed by atoms with Crippen LogP contribution in [0.25, 0.3) is 11.4 Å². The van der Waals surface area contributed by atoms with Crippen LogP contribution in [0, 0.1) is 0 Å². The number of aliphatic hydroxyl groups excluding tert-OH is 1. The van der Waals surface area contributed by atoms with E-state index in [0.29, 0.717) is 5.82 Å². The number of nitrogens with zero attached hydrogens (tertiary/aromatic N) is 4. The number of hydrogen-bond donors (Lipinski definition) is 2. The van der Waals surface area contributed by atoms with Gasteiger partial charge in [0.25, 0.3) is 0 Å². The molecule has 1 aromatic heterocycles. The molecular formula is C13H13N5O2. The Balaban J connectivity index is 1.88. The molecule has 3 rings (SSSR count). The number of nitrogens with one attached hydrogen (secondary N) is 1. The molecule has 7 nitrogen and oxygen atoms in total. The highest BCUT2D eigenvalue weighted by atomic mass is 16.3. The van der Waals surface area contributed by atoms with E-state index in [9.17, 15) is 9.90 Å². The number of rotatable bonds is 2. The van der Waals surface area contributed by atoms with Crippen LogP contribution in [0.4, 0.5) is 5.69 Å². The number of tetrazole rings is 1. The fourth-order valence-corrected chi connectivity index (χ4v) is 2.15. The van der Waals surface area contributed by atoms with Crippen molar-refractivity contribution in [1.82, 2.24) is 20.6 Å². The first kappa shape index (κ1) is 12.5. The number of Topliss-reactive ketones (excluding diaryl/α,β-unsaturated/α-hetero) is 1. The third kappa shape index (κ3) is 2.19. The second-order valence-corrected chi connectivity index (χ2v) is 4.59. The summed E-state index contributed by atoms with van der Waals surface area (Å²) in [6, 6.07) is 7.49. The molecule has 2 heterocycles. The number of aromatic amines is 1. The summed E-state index contributed by atoms with van der Waals surface area (Å²) in [5, 5.41) is 23.2. The van der Waals surface area contributed by atoms with Gasteiger partial charge in [0.1, 0.15) is 6.10 Å². The maximum Gasteiger partial charge on any atom is 0.204 e. The van der Waals surface area contributed by atoms with Crippen LogP contribution in [0.2, 0.25) is 0 Å². The van der Waals surface area contributed by atoms with Crippen LogP contribution < -0.4 is 4.90 Å². The van der Waals surface area contributed by atoms with E-state index in [1.165, 1.54) is 0 Å². The van der Waals surface area contributed by atoms with E-state index in [1.807, 2.05) is 36.1 Å². The number of aliphatic hydroxyl groups is 1. The number of ketones is 1. The van der Waals surface area contributed by atoms with E-state index in [2.05, 4.69) is 20.6 Å². The molecule has 1 atom stereocenters. The molecule has 0 radical (unpaired) electrons. The summed E-state index contributed by atoms with van der Waals surface area (Å²) in [5.41, 5.74) is 2.57. The quantitative estimate of drug-likeness (QED) is 0.827. The van der Waals surface area contributed by atoms with Gasteiger partial charge < -0.3 is 10.0 Å². The lowest BCUT2D eigenvalue weighted by atomic mass is 10.1. The van der Waals surface area contributed by atoms with Crippen molar-refractivity contribution >= 4 is 11.5 Å². The Morgan fingerprint density at radius 1 is 1.35 bits per heavy atom. The van der Waals surface area contributed by atoms with Crippen molar-refractivity contribution in [3.63, 3.8) is 0 Å². The molecule has 1 aliphatic heterocycles. The van der Waals surface area contributed by atoms with Gasteiger partial charge in [0, 0.05) is 16.9 Å². The first-order chi connectivity index (χ1) is 9.65. The number of benzene rings is 1. The number of carbonyl (C=O) groups excluding carboxylic acids is 1. The minimum atomic E-state index is -0.996. The van der Waals surface area contributed by atoms with Gasteiger partial charge in [-0.05, 0) is 42.5 Å². The lowest BCUT2D eigenvalue weighted by Gasteiger charge is -2.29. The van der Waals surface area contributed by atoms with E-state index < -0.39 is 6.10 Å². The van der Waals surface area contributed by atoms with Gasteiger partial charge in [-0.3, -0.25) is 4.79 Å². The smallest absolute Gasteiger partial charge is 0.204 e. The summed E-state index contributed by atoms with van der Waals surface area (Å²) in [7, 11) is 0. The Morgan fingerprint density at radius 3 is 2.75 bits per heavy atom. The lowest BCUT2D eigenvalue weighted by Crippen LogP contribution is -2.39. The first-order valence-electron chi connectivity index (χ1n) is 6.16. The molecule has 7 heteroatoms. The average Bonchev–Trinajstić information content (AvgIpc) is 2.97. The molecule has 20 heavy (non-hydrogen) atoms. The first-order valence-corrected chi connectivity index (χ1v) is 6.16. The number of carbonyl (C=O) groups is 1. The van der Waals surface area contributed by atoms with Crippen molar-refractivity contribution in [2.75, 3.05) is 11.4 Å². The van der Waals surface area contributed by atoms with Crippen molar-refractivity contribution in [1.29, 1.82) is 0 Å². The number of aromatic nitrogens is 4. The fraction of sp³-hybridized carbons (Fsp3) is 0.231. The zero-order valence-electron chi connectivity index (χ0n) is 10.8. The van der Waals surface area contributed by atoms with E-state index in [1.54, 1.807) is 6.08 Å². The average molecular weight is 271 g/mol. The number of H-pyrrole nitrogens is 1. The van der Waals surface area contributed by atoms with E-state index >= 15 is 0 Å². The summed E-state index contributed by atoms with van der Waals surface area (Å²) in [6.45, 7) is 2.04. The second kappa shape index (κ2) is 4.86. The Labute approximate surface area is 114 Å². The molecule has 1 aliphatic rings. The van der Waals surface area contributed by atoms with Crippen LogP contribution in [-0.2, 0) is 4.79 Å². The number of allylic oxidation sites excluding steroid dienone is 1. The SMILES string of the molecule is CC1=CC(O)C(=O)CN1c1ccc(-c2nn[nH]n2)cc1. The van der Waals surface area contributed by atoms with Gasteiger partial charge >= 0.3 is 0 Å². The molecule has 1 aromatic carbocycles. The highest BCUT2D eigenvalue weighted by Gasteiger charge is 2.24. The third-order valence-corrected chi connectivity index (χ3v) is 3.25. The van der Waals surface area contributed by atoms with Crippen molar-refractivity contribution in [2.45, 2.75) is 13.0 Å². The molecule has 2 aromatic rings. The molecule has 2 N–H and O–H groups in total. The Morgan fingerprint density at radius 2 is 2.10 bits per heavy atom. The third-order valence-electron chi connectivity index (χ3n) is 3.25. The monoisotopic (exact) mass is 271 g/mol. The summed E-state index contributed by atoms with van der Waals surface area (Å²) < 4.78 is 0. The molecule has 0 saturated carbocycles. The van der Waals surface area contributed by atoms with E-state index in [4.69, 9.17) is 0 Å². The fourth-order valence-electron chi connectivity index (χ4n) is 2.15. The molecule has 0 spiro atoms. The topological polar surface area (TPSA) is 95.0 Å². The molecule has 1 unspecified atom stereocenters. The van der Waals surface area contributed by atoms with Crippen molar-refractivity contribution < 1.29 is 9.90 Å². The van der Waals surface area contributed by atoms with Gasteiger partial charge in [0.05, 0.1) is 6.54 Å². The molecule has 0 saturated heterocycles. The minimum absolute atomic E-state index is 0.172. The normalized spacial score (nSPS) is 19.1. The Hall–Kier alpha value is -2.54. The van der Waals surface area contributed by atoms with Crippen LogP contribution in [0.3, 0.4) is 0 Å². The Bertz CT molecular complexity index is 648. The van der Waals surface area contributed by atoms with Gasteiger partial charge in [0.2, 0.25) is 5.82 Å². The molecule has 0 amide bonds. The molecule has 0 fully saturated rings. The summed E-state index contributed by atoms with van der Waals surface area (Å²) in [6.07, 6.45) is 0.559. The Kier molecular flexibility index (Phi) is 3.03. The predicted octanol–water partition coefficient (Wildman–Crippen LogP) is 0.521. The van der Waals surface area contributed by atoms with Crippen molar-refractivity contribution in [3.05, 3.63) is 36.0 Å². The van der Waals surface area contributed by atoms with Crippen LogP contribution in [0.1, 0.15) is 6.92 Å². The van der Waals surface area contributed by atoms with E-state index in [-0.39, 0.29) is 12.3 Å². The van der Waals surface area contributed by atoms with Crippen molar-refractivity contribution in [2.24, 2.45) is 0 Å². The largest absolute Gasteiger partial charge is 0.381 e. The van der Waals surface area contributed by atoms with E-state index in [0.717, 1.165) is 16.9 Å². The van der Waals surface area contributed by atoms with Crippen LogP contribution in [0.15, 0.2) is 36.0 Å². The van der Waals surface area contributed by atoms with Crippen LogP contribution in [0.5, 0.6) is 0 Å². The lowest BCUT2D eigenvalue weighted by molar-refractivity contribution is -0.123. The van der Waals surface area contributed by atoms with Gasteiger partial charge in [-0.2, -0.15) is 5.21 Å². The van der Waals surface area contributed by atoms with Crippen LogP contribution in [-0.4, -0.2) is 44.2 Å². The number of hydrogen-bond acceptors (Lipinski definition) is 6. The zero-order valence-corrected chi connectivity index (χ0v) is 10.8. The predicted molar refractivity (Wildman–Crippen MR) is 71.7 cm³/mol. The van der Waals surface area contributed by atoms with Gasteiger partial charge in [0.15, 0.2) is 5.78 Å². The maximum absolute atomic E-state index is 11.6. The molecule has 0 aliphatic carbocycles. The van der Waals surface area contributed by atoms with Gasteiger partial charge in [-0.25, -0.2) is 0 Å². The number of anilines is 1. The van der Waals surface area contributed by atoms with Crippen LogP contribution >= 0.6 is 0 Å². The summed E-state index contributed by atoms with van der Waals surface area (Å²) in [4.78, 5) is 13.5. The molecule has 0 bridgehead atoms. The zero-order chi connectivity index (χ0) is 14.1. The van der Waals surface area contributed by atoms with Gasteiger partial charge in [-0.15, -0.1) is 10.2 Å². The summed E-state index contributed by atoms with van der Waals surface area (Å²) >= 11 is 0. The highest BCUT2D eigenvalue weighted by molar-refractivity contribution is 5.91. The highest BCUT2D eigenvalue weighted by Crippen LogP contribution is 2.25. The maximum atomic E-state index is 11.6. The molecular weight excluding hydrogens is 258 g/mol. The minimum Gasteiger partial charge on any atom is -0.381 e. The second-order valence-electron chi connectivity index (χ2n) is 4.59. The molecule has 102 valence electrons. The standard InChI is InChI=1S/C13H13N5O2/c1-8-6-11(19)12(20)7-18(8)10-4-2-9(3-5-10)13-14-16-17-15-13/h2-6,11,19H,7H2,1H3,(H,14,15,16,17). The van der Waals surface area contributed by atoms with Gasteiger partial charge in [-0.1, -0.05) is 0 Å².